The van der Waals surface area contributed by atoms with E-state index in [-0.39, 0.29) is 0 Å². The van der Waals surface area contributed by atoms with E-state index in [9.17, 15) is 0 Å². The van der Waals surface area contributed by atoms with Crippen molar-refractivity contribution in [3.63, 3.8) is 0 Å². The number of unbranched alkanes of at least 4 members (excludes halogenated alkanes) is 1. The Morgan fingerprint density at radius 2 is 1.91 bits per heavy atom. The number of ether oxygens (including phenoxy) is 2. The number of hydrogen-bond acceptors (Lipinski definition) is 2. The number of allylic oxidation sites excluding steroid dienone is 1. The van der Waals surface area contributed by atoms with Crippen LogP contribution >= 0.6 is 15.9 Å². The molecule has 0 saturated carbocycles. The lowest BCUT2D eigenvalue weighted by Gasteiger charge is -2.10. The minimum atomic E-state index is 0.322. The van der Waals surface area contributed by atoms with Crippen LogP contribution in [0.5, 0.6) is 11.5 Å². The first kappa shape index (κ1) is 14.8. The molecule has 1 aliphatic heterocycles. The Kier molecular flexibility index (Phi) is 3.90. The van der Waals surface area contributed by atoms with E-state index < -0.39 is 0 Å². The van der Waals surface area contributed by atoms with Gasteiger partial charge < -0.3 is 9.47 Å². The molecule has 0 saturated heterocycles. The van der Waals surface area contributed by atoms with E-state index in [0.29, 0.717) is 6.79 Å². The van der Waals surface area contributed by atoms with Gasteiger partial charge in [0.1, 0.15) is 0 Å². The number of benzene rings is 2. The van der Waals surface area contributed by atoms with Gasteiger partial charge in [-0.05, 0) is 65.8 Å². The maximum absolute atomic E-state index is 5.57. The first-order chi connectivity index (χ1) is 11.3. The lowest BCUT2D eigenvalue weighted by Crippen LogP contribution is -1.93. The van der Waals surface area contributed by atoms with E-state index in [1.807, 2.05) is 6.07 Å². The third-order valence-corrected chi connectivity index (χ3v) is 5.09. The highest BCUT2D eigenvalue weighted by atomic mass is 79.9. The van der Waals surface area contributed by atoms with Crippen molar-refractivity contribution in [2.45, 2.75) is 32.6 Å². The summed E-state index contributed by atoms with van der Waals surface area (Å²) < 4.78 is 12.2. The Balaban J connectivity index is 1.82. The van der Waals surface area contributed by atoms with Crippen LogP contribution < -0.4 is 9.47 Å². The lowest BCUT2D eigenvalue weighted by molar-refractivity contribution is 0.174. The van der Waals surface area contributed by atoms with Gasteiger partial charge in [-0.2, -0.15) is 0 Å². The average Bonchev–Trinajstić information content (AvgIpc) is 3.15. The fraction of sp³-hybridized carbons (Fsp3) is 0.300. The second-order valence-electron chi connectivity index (χ2n) is 6.13. The molecule has 0 fully saturated rings. The van der Waals surface area contributed by atoms with Gasteiger partial charge in [-0.1, -0.05) is 47.0 Å². The van der Waals surface area contributed by atoms with Gasteiger partial charge >= 0.3 is 0 Å². The normalized spacial score (nSPS) is 15.2. The van der Waals surface area contributed by atoms with E-state index >= 15 is 0 Å². The molecule has 0 unspecified atom stereocenters. The monoisotopic (exact) mass is 370 g/mol. The van der Waals surface area contributed by atoms with Gasteiger partial charge in [0.25, 0.3) is 0 Å². The highest BCUT2D eigenvalue weighted by molar-refractivity contribution is 9.10. The Labute approximate surface area is 145 Å². The van der Waals surface area contributed by atoms with Gasteiger partial charge in [-0.15, -0.1) is 0 Å². The molecule has 2 nitrogen and oxygen atoms in total. The van der Waals surface area contributed by atoms with E-state index in [4.69, 9.17) is 9.47 Å². The van der Waals surface area contributed by atoms with Crippen LogP contribution in [0, 0.1) is 0 Å². The predicted molar refractivity (Wildman–Crippen MR) is 96.0 cm³/mol. The van der Waals surface area contributed by atoms with Crippen molar-refractivity contribution in [2.75, 3.05) is 6.79 Å². The number of rotatable bonds is 4. The van der Waals surface area contributed by atoms with Crippen LogP contribution in [-0.2, 0) is 6.42 Å². The van der Waals surface area contributed by atoms with E-state index in [1.54, 1.807) is 5.57 Å². The molecule has 4 rings (SSSR count). The molecule has 0 bridgehead atoms. The van der Waals surface area contributed by atoms with Crippen LogP contribution in [0.1, 0.15) is 42.9 Å². The van der Waals surface area contributed by atoms with Crippen molar-refractivity contribution in [1.82, 2.24) is 0 Å². The molecule has 118 valence electrons. The minimum Gasteiger partial charge on any atom is -0.454 e. The summed E-state index contributed by atoms with van der Waals surface area (Å²) in [4.78, 5) is 0. The molecule has 0 amide bonds. The Hall–Kier alpha value is -1.74. The molecular formula is C20H19BrO2. The topological polar surface area (TPSA) is 18.5 Å². The zero-order chi connectivity index (χ0) is 15.8. The minimum absolute atomic E-state index is 0.322. The zero-order valence-corrected chi connectivity index (χ0v) is 14.8. The molecule has 0 spiro atoms. The van der Waals surface area contributed by atoms with Gasteiger partial charge in [0.2, 0.25) is 6.79 Å². The smallest absolute Gasteiger partial charge is 0.231 e. The molecular weight excluding hydrogens is 352 g/mol. The maximum atomic E-state index is 5.57. The van der Waals surface area contributed by atoms with E-state index in [1.165, 1.54) is 35.1 Å². The maximum Gasteiger partial charge on any atom is 0.231 e. The van der Waals surface area contributed by atoms with Crippen LogP contribution in [0.2, 0.25) is 0 Å². The van der Waals surface area contributed by atoms with Crippen molar-refractivity contribution in [1.29, 1.82) is 0 Å². The molecule has 23 heavy (non-hydrogen) atoms. The molecule has 0 N–H and O–H groups in total. The van der Waals surface area contributed by atoms with Crippen molar-refractivity contribution in [2.24, 2.45) is 0 Å². The summed E-state index contributed by atoms with van der Waals surface area (Å²) in [6.45, 7) is 2.57. The Morgan fingerprint density at radius 1 is 1.04 bits per heavy atom. The lowest BCUT2D eigenvalue weighted by atomic mass is 9.95. The highest BCUT2D eigenvalue weighted by Crippen LogP contribution is 2.43. The first-order valence-corrected chi connectivity index (χ1v) is 8.96. The van der Waals surface area contributed by atoms with E-state index in [2.05, 4.69) is 53.2 Å². The molecule has 1 aliphatic carbocycles. The SMILES string of the molecule is CCCCC1=C(c2ccc3c(c2)OCO3)c2cc(Br)ccc2C1. The summed E-state index contributed by atoms with van der Waals surface area (Å²) in [6.07, 6.45) is 4.68. The Bertz CT molecular complexity index is 792. The molecule has 0 atom stereocenters. The number of fused-ring (bicyclic) bond motifs is 2. The second-order valence-corrected chi connectivity index (χ2v) is 7.04. The molecule has 1 heterocycles. The predicted octanol–water partition coefficient (Wildman–Crippen LogP) is 5.73. The van der Waals surface area contributed by atoms with Gasteiger partial charge in [0.05, 0.1) is 0 Å². The first-order valence-electron chi connectivity index (χ1n) is 8.17. The average molecular weight is 371 g/mol. The van der Waals surface area contributed by atoms with Crippen LogP contribution in [0.4, 0.5) is 0 Å². The summed E-state index contributed by atoms with van der Waals surface area (Å²) in [5.41, 5.74) is 6.93. The molecule has 2 aromatic rings. The highest BCUT2D eigenvalue weighted by Gasteiger charge is 2.24. The molecule has 0 radical (unpaired) electrons. The number of hydrogen-bond donors (Lipinski definition) is 0. The van der Waals surface area contributed by atoms with Gasteiger partial charge in [-0.3, -0.25) is 0 Å². The third-order valence-electron chi connectivity index (χ3n) is 4.59. The fourth-order valence-electron chi connectivity index (χ4n) is 3.46. The summed E-state index contributed by atoms with van der Waals surface area (Å²) >= 11 is 3.62. The second kappa shape index (κ2) is 6.04. The molecule has 2 aliphatic rings. The molecule has 3 heteroatoms. The van der Waals surface area contributed by atoms with Gasteiger partial charge in [-0.25, -0.2) is 0 Å². The summed E-state index contributed by atoms with van der Waals surface area (Å²) in [5.74, 6) is 1.70. The summed E-state index contributed by atoms with van der Waals surface area (Å²) in [5, 5.41) is 0. The van der Waals surface area contributed by atoms with Crippen LogP contribution in [0.15, 0.2) is 46.4 Å². The van der Waals surface area contributed by atoms with Crippen LogP contribution in [0.3, 0.4) is 0 Å². The number of halogens is 1. The molecule has 2 aromatic carbocycles. The largest absolute Gasteiger partial charge is 0.454 e. The van der Waals surface area contributed by atoms with Gasteiger partial charge in [0.15, 0.2) is 11.5 Å². The van der Waals surface area contributed by atoms with Gasteiger partial charge in [0, 0.05) is 4.47 Å². The van der Waals surface area contributed by atoms with Crippen LogP contribution in [-0.4, -0.2) is 6.79 Å². The summed E-state index contributed by atoms with van der Waals surface area (Å²) in [7, 11) is 0. The van der Waals surface area contributed by atoms with Crippen LogP contribution in [0.25, 0.3) is 5.57 Å². The van der Waals surface area contributed by atoms with Crippen molar-refractivity contribution >= 4 is 21.5 Å². The van der Waals surface area contributed by atoms with E-state index in [0.717, 1.165) is 28.8 Å². The fourth-order valence-corrected chi connectivity index (χ4v) is 3.82. The van der Waals surface area contributed by atoms with Crippen molar-refractivity contribution in [3.05, 3.63) is 63.1 Å². The zero-order valence-electron chi connectivity index (χ0n) is 13.2. The summed E-state index contributed by atoms with van der Waals surface area (Å²) in [6, 6.07) is 12.9. The Morgan fingerprint density at radius 3 is 2.78 bits per heavy atom. The quantitative estimate of drug-likeness (QED) is 0.684. The van der Waals surface area contributed by atoms with Crippen molar-refractivity contribution < 1.29 is 9.47 Å². The van der Waals surface area contributed by atoms with Crippen molar-refractivity contribution in [3.8, 4) is 11.5 Å². The standard InChI is InChI=1S/C20H19BrO2/c1-2-3-4-14-9-13-5-7-16(21)11-17(13)20(14)15-6-8-18-19(10-15)23-12-22-18/h5-8,10-11H,2-4,9,12H2,1H3. The third kappa shape index (κ3) is 2.67. The molecule has 0 aromatic heterocycles.